The molecule has 0 N–H and O–H groups in total. The molecule has 0 saturated carbocycles. The Bertz CT molecular complexity index is 617. The van der Waals surface area contributed by atoms with Gasteiger partial charge in [0, 0.05) is 4.88 Å². The Labute approximate surface area is 117 Å². The predicted octanol–water partition coefficient (Wildman–Crippen LogP) is 4.44. The zero-order valence-corrected chi connectivity index (χ0v) is 11.3. The summed E-state index contributed by atoms with van der Waals surface area (Å²) in [4.78, 5) is 13.7. The fraction of sp³-hybridized carbons (Fsp3) is 0.214. The van der Waals surface area contributed by atoms with Crippen LogP contribution in [0.3, 0.4) is 0 Å². The molecule has 2 nitrogen and oxygen atoms in total. The summed E-state index contributed by atoms with van der Waals surface area (Å²) in [7, 11) is 0. The Balaban J connectivity index is 2.34. The van der Waals surface area contributed by atoms with Crippen molar-refractivity contribution in [2.75, 3.05) is 0 Å². The van der Waals surface area contributed by atoms with E-state index < -0.39 is 17.9 Å². The number of benzene rings is 1. The fourth-order valence-electron chi connectivity index (χ4n) is 1.69. The minimum Gasteiger partial charge on any atom is -0.405 e. The molecule has 0 spiro atoms. The highest BCUT2D eigenvalue weighted by Gasteiger charge is 2.33. The van der Waals surface area contributed by atoms with Crippen LogP contribution in [0.25, 0.3) is 0 Å². The van der Waals surface area contributed by atoms with E-state index in [4.69, 9.17) is 0 Å². The molecule has 0 radical (unpaired) electrons. The summed E-state index contributed by atoms with van der Waals surface area (Å²) in [5.41, 5.74) is -0.0886. The number of aryl methyl sites for hydroxylation is 1. The van der Waals surface area contributed by atoms with E-state index in [1.54, 1.807) is 12.1 Å². The van der Waals surface area contributed by atoms with E-state index in [-0.39, 0.29) is 5.56 Å². The van der Waals surface area contributed by atoms with Crippen LogP contribution in [0.15, 0.2) is 36.4 Å². The number of carbonyl (C=O) groups is 1. The van der Waals surface area contributed by atoms with Gasteiger partial charge in [-0.3, -0.25) is 4.79 Å². The quantitative estimate of drug-likeness (QED) is 0.780. The maximum absolute atomic E-state index is 12.3. The molecule has 20 heavy (non-hydrogen) atoms. The monoisotopic (exact) mass is 300 g/mol. The van der Waals surface area contributed by atoms with Gasteiger partial charge in [-0.1, -0.05) is 19.1 Å². The number of carbonyl (C=O) groups excluding carboxylic acids is 1. The van der Waals surface area contributed by atoms with Crippen molar-refractivity contribution in [2.45, 2.75) is 19.7 Å². The second kappa shape index (κ2) is 5.66. The lowest BCUT2D eigenvalue weighted by atomic mass is 10.1. The van der Waals surface area contributed by atoms with Crippen LogP contribution in [-0.4, -0.2) is 12.1 Å². The maximum Gasteiger partial charge on any atom is 0.573 e. The van der Waals surface area contributed by atoms with Gasteiger partial charge in [-0.05, 0) is 30.7 Å². The first-order valence-electron chi connectivity index (χ1n) is 5.89. The molecule has 0 aliphatic carbocycles. The summed E-state index contributed by atoms with van der Waals surface area (Å²) in [6, 6.07) is 8.78. The van der Waals surface area contributed by atoms with Crippen molar-refractivity contribution < 1.29 is 22.7 Å². The van der Waals surface area contributed by atoms with E-state index in [1.165, 1.54) is 29.5 Å². The lowest BCUT2D eigenvalue weighted by molar-refractivity contribution is -0.274. The summed E-state index contributed by atoms with van der Waals surface area (Å²) in [5.74, 6) is -0.939. The standard InChI is InChI=1S/C14H11F3O2S/c1-2-9-7-8-12(20-9)13(18)10-5-3-4-6-11(10)19-14(15,16)17/h3-8H,2H2,1H3. The molecule has 1 aromatic heterocycles. The minimum atomic E-state index is -4.82. The zero-order valence-electron chi connectivity index (χ0n) is 10.5. The zero-order chi connectivity index (χ0) is 14.8. The number of para-hydroxylation sites is 1. The SMILES string of the molecule is CCc1ccc(C(=O)c2ccccc2OC(F)(F)F)s1. The van der Waals surface area contributed by atoms with Crippen molar-refractivity contribution in [3.63, 3.8) is 0 Å². The molecule has 0 bridgehead atoms. The molecule has 0 atom stereocenters. The van der Waals surface area contributed by atoms with E-state index >= 15 is 0 Å². The minimum absolute atomic E-state index is 0.0886. The highest BCUT2D eigenvalue weighted by atomic mass is 32.1. The van der Waals surface area contributed by atoms with Crippen LogP contribution in [-0.2, 0) is 6.42 Å². The van der Waals surface area contributed by atoms with E-state index in [1.807, 2.05) is 6.92 Å². The molecule has 0 saturated heterocycles. The van der Waals surface area contributed by atoms with Crippen molar-refractivity contribution in [2.24, 2.45) is 0 Å². The van der Waals surface area contributed by atoms with Crippen molar-refractivity contribution in [3.8, 4) is 5.75 Å². The molecule has 0 amide bonds. The Morgan fingerprint density at radius 1 is 1.20 bits per heavy atom. The van der Waals surface area contributed by atoms with Gasteiger partial charge in [0.1, 0.15) is 5.75 Å². The molecule has 0 fully saturated rings. The topological polar surface area (TPSA) is 26.3 Å². The summed E-state index contributed by atoms with van der Waals surface area (Å²) in [6.07, 6.45) is -4.04. The van der Waals surface area contributed by atoms with Crippen molar-refractivity contribution in [1.29, 1.82) is 0 Å². The summed E-state index contributed by atoms with van der Waals surface area (Å²) in [6.45, 7) is 1.95. The number of alkyl halides is 3. The van der Waals surface area contributed by atoms with Gasteiger partial charge in [0.25, 0.3) is 0 Å². The lowest BCUT2D eigenvalue weighted by Crippen LogP contribution is -2.19. The molecule has 2 aromatic rings. The van der Waals surface area contributed by atoms with Crippen LogP contribution in [0.2, 0.25) is 0 Å². The fourth-order valence-corrected chi connectivity index (χ4v) is 2.59. The highest BCUT2D eigenvalue weighted by Crippen LogP contribution is 2.29. The van der Waals surface area contributed by atoms with Gasteiger partial charge in [-0.25, -0.2) is 0 Å². The largest absolute Gasteiger partial charge is 0.573 e. The van der Waals surface area contributed by atoms with Crippen LogP contribution in [0.4, 0.5) is 13.2 Å². The molecule has 0 aliphatic heterocycles. The average molecular weight is 300 g/mol. The van der Waals surface area contributed by atoms with Gasteiger partial charge in [0.15, 0.2) is 0 Å². The summed E-state index contributed by atoms with van der Waals surface area (Å²) < 4.78 is 40.8. The molecule has 1 aromatic carbocycles. The lowest BCUT2D eigenvalue weighted by Gasteiger charge is -2.11. The number of thiophene rings is 1. The molecule has 6 heteroatoms. The molecule has 106 valence electrons. The first-order valence-corrected chi connectivity index (χ1v) is 6.70. The Morgan fingerprint density at radius 2 is 1.90 bits per heavy atom. The molecular weight excluding hydrogens is 289 g/mol. The van der Waals surface area contributed by atoms with Crippen LogP contribution >= 0.6 is 11.3 Å². The number of hydrogen-bond acceptors (Lipinski definition) is 3. The predicted molar refractivity (Wildman–Crippen MR) is 70.3 cm³/mol. The number of ether oxygens (including phenoxy) is 1. The Morgan fingerprint density at radius 3 is 2.50 bits per heavy atom. The highest BCUT2D eigenvalue weighted by molar-refractivity contribution is 7.14. The number of ketones is 1. The van der Waals surface area contributed by atoms with Gasteiger partial charge >= 0.3 is 6.36 Å². The second-order valence-corrected chi connectivity index (χ2v) is 5.16. The molecule has 2 rings (SSSR count). The normalized spacial score (nSPS) is 11.4. The van der Waals surface area contributed by atoms with Crippen molar-refractivity contribution >= 4 is 17.1 Å². The smallest absolute Gasteiger partial charge is 0.405 e. The first kappa shape index (κ1) is 14.6. The van der Waals surface area contributed by atoms with Gasteiger partial charge in [-0.15, -0.1) is 24.5 Å². The third kappa shape index (κ3) is 3.39. The molecular formula is C14H11F3O2S. The summed E-state index contributed by atoms with van der Waals surface area (Å²) >= 11 is 1.28. The van der Waals surface area contributed by atoms with E-state index in [9.17, 15) is 18.0 Å². The number of halogens is 3. The molecule has 0 aliphatic rings. The van der Waals surface area contributed by atoms with Crippen LogP contribution in [0.5, 0.6) is 5.75 Å². The van der Waals surface area contributed by atoms with Crippen molar-refractivity contribution in [3.05, 3.63) is 51.7 Å². The van der Waals surface area contributed by atoms with Crippen molar-refractivity contribution in [1.82, 2.24) is 0 Å². The third-order valence-corrected chi connectivity index (χ3v) is 3.82. The Hall–Kier alpha value is -1.82. The van der Waals surface area contributed by atoms with Crippen LogP contribution < -0.4 is 4.74 Å². The molecule has 1 heterocycles. The van der Waals surface area contributed by atoms with Gasteiger partial charge < -0.3 is 4.74 Å². The van der Waals surface area contributed by atoms with E-state index in [0.717, 1.165) is 17.4 Å². The van der Waals surface area contributed by atoms with Gasteiger partial charge in [0.05, 0.1) is 10.4 Å². The average Bonchev–Trinajstić information content (AvgIpc) is 2.85. The third-order valence-electron chi connectivity index (χ3n) is 2.59. The second-order valence-electron chi connectivity index (χ2n) is 3.99. The summed E-state index contributed by atoms with van der Waals surface area (Å²) in [5, 5.41) is 0. The first-order chi connectivity index (χ1) is 9.40. The maximum atomic E-state index is 12.3. The van der Waals surface area contributed by atoms with E-state index in [0.29, 0.717) is 4.88 Å². The van der Waals surface area contributed by atoms with Crippen LogP contribution in [0, 0.1) is 0 Å². The van der Waals surface area contributed by atoms with Gasteiger partial charge in [0.2, 0.25) is 5.78 Å². The molecule has 0 unspecified atom stereocenters. The number of rotatable bonds is 4. The Kier molecular flexibility index (Phi) is 4.13. The van der Waals surface area contributed by atoms with Gasteiger partial charge in [-0.2, -0.15) is 0 Å². The van der Waals surface area contributed by atoms with E-state index in [2.05, 4.69) is 4.74 Å². The number of hydrogen-bond donors (Lipinski definition) is 0. The van der Waals surface area contributed by atoms with Crippen LogP contribution in [0.1, 0.15) is 27.0 Å².